The van der Waals surface area contributed by atoms with Gasteiger partial charge in [-0.25, -0.2) is 0 Å². The van der Waals surface area contributed by atoms with Crippen molar-refractivity contribution in [3.63, 3.8) is 0 Å². The molecule has 2 aliphatic heterocycles. The van der Waals surface area contributed by atoms with Crippen LogP contribution < -0.4 is 14.4 Å². The van der Waals surface area contributed by atoms with Crippen LogP contribution in [-0.2, 0) is 24.1 Å². The molecule has 0 radical (unpaired) electrons. The molecule has 1 fully saturated rings. The number of nitrogens with zero attached hydrogens (tertiary/aromatic N) is 4. The first kappa shape index (κ1) is 27.8. The Hall–Kier alpha value is -3.80. The number of hydrogen-bond donors (Lipinski definition) is 0. The van der Waals surface area contributed by atoms with Crippen molar-refractivity contribution in [3.8, 4) is 11.8 Å². The summed E-state index contributed by atoms with van der Waals surface area (Å²) in [6, 6.07) is 13.3. The van der Waals surface area contributed by atoms with Gasteiger partial charge in [-0.2, -0.15) is 13.2 Å². The number of piperidine rings is 1. The third kappa shape index (κ3) is 6.67. The van der Waals surface area contributed by atoms with Crippen molar-refractivity contribution < 1.29 is 32.3 Å². The highest BCUT2D eigenvalue weighted by molar-refractivity contribution is 5.49. The fourth-order valence-electron chi connectivity index (χ4n) is 5.06. The van der Waals surface area contributed by atoms with Crippen LogP contribution in [0, 0.1) is 16.0 Å². The second kappa shape index (κ2) is 11.4. The van der Waals surface area contributed by atoms with E-state index >= 15 is 0 Å². The molecular weight excluding hydrogens is 529 g/mol. The van der Waals surface area contributed by atoms with Gasteiger partial charge in [-0.1, -0.05) is 12.1 Å². The van der Waals surface area contributed by atoms with Gasteiger partial charge in [-0.3, -0.25) is 4.57 Å². The zero-order chi connectivity index (χ0) is 28.3. The van der Waals surface area contributed by atoms with Crippen LogP contribution in [-0.4, -0.2) is 46.4 Å². The summed E-state index contributed by atoms with van der Waals surface area (Å²) in [7, 11) is 0. The van der Waals surface area contributed by atoms with Crippen molar-refractivity contribution in [2.45, 2.75) is 51.1 Å². The van der Waals surface area contributed by atoms with Crippen LogP contribution in [0.25, 0.3) is 0 Å². The highest BCUT2D eigenvalue weighted by Gasteiger charge is 2.41. The number of aromatic nitrogens is 2. The normalized spacial score (nSPS) is 19.4. The van der Waals surface area contributed by atoms with E-state index in [1.807, 2.05) is 31.2 Å². The molecule has 1 aromatic heterocycles. The van der Waals surface area contributed by atoms with Crippen LogP contribution in [0.5, 0.6) is 11.8 Å². The standard InChI is InChI=1S/C28H31F3N4O5/c1-27(18-34-16-25(35(36)37)32-26(34)40-27)19-39-24-8-6-23(7-9-24)33-13-10-20(11-14-33)12-15-38-17-21-2-4-22(5-3-21)28(29,30)31/h2-9,16,20H,10-15,17-19H2,1H3/t27-/m1/s1. The van der Waals surface area contributed by atoms with Crippen molar-refractivity contribution in [3.05, 3.63) is 76.0 Å². The molecule has 2 aromatic carbocycles. The Balaban J connectivity index is 1.00. The van der Waals surface area contributed by atoms with Crippen LogP contribution in [0.3, 0.4) is 0 Å². The topological polar surface area (TPSA) is 91.9 Å². The Kier molecular flexibility index (Phi) is 7.88. The molecule has 5 rings (SSSR count). The monoisotopic (exact) mass is 560 g/mol. The molecule has 0 amide bonds. The molecule has 214 valence electrons. The quantitative estimate of drug-likeness (QED) is 0.174. The maximum absolute atomic E-state index is 12.7. The van der Waals surface area contributed by atoms with Gasteiger partial charge in [-0.15, -0.1) is 0 Å². The molecular formula is C28H31F3N4O5. The molecule has 3 heterocycles. The Morgan fingerprint density at radius 3 is 2.45 bits per heavy atom. The van der Waals surface area contributed by atoms with Crippen LogP contribution in [0.4, 0.5) is 24.7 Å². The molecule has 1 atom stereocenters. The number of nitro groups is 1. The molecule has 0 aliphatic carbocycles. The minimum Gasteiger partial charge on any atom is -0.489 e. The maximum Gasteiger partial charge on any atom is 0.416 e. The molecule has 12 heteroatoms. The first-order chi connectivity index (χ1) is 19.1. The van der Waals surface area contributed by atoms with Crippen molar-refractivity contribution in [2.75, 3.05) is 31.2 Å². The van der Waals surface area contributed by atoms with Gasteiger partial charge < -0.3 is 29.2 Å². The van der Waals surface area contributed by atoms with Crippen molar-refractivity contribution in [1.29, 1.82) is 0 Å². The number of fused-ring (bicyclic) bond motifs is 1. The van der Waals surface area contributed by atoms with Gasteiger partial charge in [0.1, 0.15) is 18.6 Å². The third-order valence-corrected chi connectivity index (χ3v) is 7.34. The zero-order valence-corrected chi connectivity index (χ0v) is 22.1. The van der Waals surface area contributed by atoms with Gasteiger partial charge >= 0.3 is 18.0 Å². The minimum absolute atomic E-state index is 0.224. The van der Waals surface area contributed by atoms with Crippen LogP contribution >= 0.6 is 0 Å². The Morgan fingerprint density at radius 1 is 1.12 bits per heavy atom. The van der Waals surface area contributed by atoms with Crippen LogP contribution in [0.15, 0.2) is 54.7 Å². The SMILES string of the molecule is C[C@]1(COc2ccc(N3CCC(CCOCc4ccc(C(F)(F)F)cc4)CC3)cc2)Cn2cc([N+](=O)[O-])nc2O1. The number of rotatable bonds is 10. The van der Waals surface area contributed by atoms with E-state index in [0.29, 0.717) is 31.4 Å². The highest BCUT2D eigenvalue weighted by atomic mass is 19.4. The van der Waals surface area contributed by atoms with E-state index in [2.05, 4.69) is 9.88 Å². The van der Waals surface area contributed by atoms with E-state index in [1.165, 1.54) is 18.3 Å². The second-order valence-corrected chi connectivity index (χ2v) is 10.6. The number of alkyl halides is 3. The Bertz CT molecular complexity index is 1280. The van der Waals surface area contributed by atoms with Gasteiger partial charge in [-0.05, 0) is 79.0 Å². The van der Waals surface area contributed by atoms with Crippen molar-refractivity contribution >= 4 is 11.5 Å². The summed E-state index contributed by atoms with van der Waals surface area (Å²) in [5.74, 6) is 1.03. The number of anilines is 1. The smallest absolute Gasteiger partial charge is 0.416 e. The maximum atomic E-state index is 12.7. The summed E-state index contributed by atoms with van der Waals surface area (Å²) < 4.78 is 57.1. The predicted octanol–water partition coefficient (Wildman–Crippen LogP) is 5.86. The molecule has 0 saturated carbocycles. The fraction of sp³-hybridized carbons (Fsp3) is 0.464. The fourth-order valence-corrected chi connectivity index (χ4v) is 5.06. The number of halogens is 3. The van der Waals surface area contributed by atoms with E-state index in [4.69, 9.17) is 14.2 Å². The number of hydrogen-bond acceptors (Lipinski definition) is 7. The molecule has 40 heavy (non-hydrogen) atoms. The number of ether oxygens (including phenoxy) is 3. The van der Waals surface area contributed by atoms with Gasteiger partial charge in [0.2, 0.25) is 0 Å². The van der Waals surface area contributed by atoms with E-state index in [9.17, 15) is 23.3 Å². The minimum atomic E-state index is -4.32. The van der Waals surface area contributed by atoms with E-state index in [0.717, 1.165) is 55.7 Å². The van der Waals surface area contributed by atoms with E-state index in [1.54, 1.807) is 4.57 Å². The summed E-state index contributed by atoms with van der Waals surface area (Å²) in [5, 5.41) is 10.9. The number of imidazole rings is 1. The molecule has 0 bridgehead atoms. The second-order valence-electron chi connectivity index (χ2n) is 10.6. The Morgan fingerprint density at radius 2 is 1.82 bits per heavy atom. The van der Waals surface area contributed by atoms with Gasteiger partial charge in [0.05, 0.1) is 18.7 Å². The lowest BCUT2D eigenvalue weighted by atomic mass is 9.93. The molecule has 0 spiro atoms. The summed E-state index contributed by atoms with van der Waals surface area (Å²) in [5.41, 5.74) is 0.543. The zero-order valence-electron chi connectivity index (χ0n) is 22.1. The molecule has 9 nitrogen and oxygen atoms in total. The summed E-state index contributed by atoms with van der Waals surface area (Å²) >= 11 is 0. The molecule has 1 saturated heterocycles. The molecule has 0 unspecified atom stereocenters. The molecule has 0 N–H and O–H groups in total. The van der Waals surface area contributed by atoms with Crippen LogP contribution in [0.2, 0.25) is 0 Å². The first-order valence-corrected chi connectivity index (χ1v) is 13.2. The van der Waals surface area contributed by atoms with Crippen molar-refractivity contribution in [1.82, 2.24) is 9.55 Å². The van der Waals surface area contributed by atoms with Gasteiger partial charge in [0, 0.05) is 30.4 Å². The third-order valence-electron chi connectivity index (χ3n) is 7.34. The average molecular weight is 561 g/mol. The first-order valence-electron chi connectivity index (χ1n) is 13.2. The van der Waals surface area contributed by atoms with E-state index < -0.39 is 22.3 Å². The lowest BCUT2D eigenvalue weighted by Crippen LogP contribution is -2.38. The lowest BCUT2D eigenvalue weighted by molar-refractivity contribution is -0.389. The molecule has 3 aromatic rings. The van der Waals surface area contributed by atoms with Gasteiger partial charge in [0.25, 0.3) is 0 Å². The summed E-state index contributed by atoms with van der Waals surface area (Å²) in [6.07, 6.45) is 0.0644. The lowest BCUT2D eigenvalue weighted by Gasteiger charge is -2.33. The predicted molar refractivity (Wildman–Crippen MR) is 141 cm³/mol. The average Bonchev–Trinajstić information content (AvgIpc) is 3.46. The van der Waals surface area contributed by atoms with Crippen LogP contribution in [0.1, 0.15) is 37.3 Å². The summed E-state index contributed by atoms with van der Waals surface area (Å²) in [4.78, 5) is 16.6. The largest absolute Gasteiger partial charge is 0.489 e. The van der Waals surface area contributed by atoms with Gasteiger partial charge in [0.15, 0.2) is 5.60 Å². The highest BCUT2D eigenvalue weighted by Crippen LogP contribution is 2.32. The Labute approximate surface area is 229 Å². The van der Waals surface area contributed by atoms with Crippen molar-refractivity contribution in [2.24, 2.45) is 5.92 Å². The van der Waals surface area contributed by atoms with E-state index in [-0.39, 0.29) is 18.4 Å². The number of benzene rings is 2. The molecule has 2 aliphatic rings. The summed E-state index contributed by atoms with van der Waals surface area (Å²) in [6.45, 7) is 5.33.